The van der Waals surface area contributed by atoms with Gasteiger partial charge in [0, 0.05) is 44.0 Å². The fourth-order valence-corrected chi connectivity index (χ4v) is 4.23. The minimum absolute atomic E-state index is 0. The van der Waals surface area contributed by atoms with Crippen LogP contribution in [0.15, 0.2) is 42.5 Å². The van der Waals surface area contributed by atoms with E-state index in [4.69, 9.17) is 5.26 Å². The fourth-order valence-electron chi connectivity index (χ4n) is 4.23. The smallest absolute Gasteiger partial charge is 0.279 e. The van der Waals surface area contributed by atoms with Crippen LogP contribution in [-0.2, 0) is 44.0 Å². The molecule has 2 aromatic carbocycles. The molecule has 28 heavy (non-hydrogen) atoms. The van der Waals surface area contributed by atoms with Gasteiger partial charge in [0.2, 0.25) is 0 Å². The maximum atomic E-state index is 12.9. The van der Waals surface area contributed by atoms with Gasteiger partial charge in [-0.1, -0.05) is 30.3 Å². The molecule has 2 aromatic rings. The number of nitriles is 1. The van der Waals surface area contributed by atoms with Crippen LogP contribution in [0.1, 0.15) is 41.5 Å². The molecular formula is C23H28N3OY+. The number of quaternary nitrogens is 1. The zero-order chi connectivity index (χ0) is 19.3. The Bertz CT molecular complexity index is 829. The molecular weight excluding hydrogens is 423 g/mol. The van der Waals surface area contributed by atoms with E-state index in [1.54, 1.807) is 0 Å². The first kappa shape index (κ1) is 22.7. The van der Waals surface area contributed by atoms with E-state index in [0.29, 0.717) is 12.1 Å². The van der Waals surface area contributed by atoms with Crippen LogP contribution in [0.4, 0.5) is 5.69 Å². The molecule has 0 bridgehead atoms. The molecule has 0 atom stereocenters. The van der Waals surface area contributed by atoms with E-state index in [1.807, 2.05) is 32.0 Å². The van der Waals surface area contributed by atoms with Crippen LogP contribution in [0.3, 0.4) is 0 Å². The average Bonchev–Trinajstić information content (AvgIpc) is 2.66. The third-order valence-electron chi connectivity index (χ3n) is 5.53. The van der Waals surface area contributed by atoms with Crippen LogP contribution in [0, 0.1) is 25.2 Å². The Morgan fingerprint density at radius 1 is 1.07 bits per heavy atom. The summed E-state index contributed by atoms with van der Waals surface area (Å²) in [6.45, 7) is 7.38. The van der Waals surface area contributed by atoms with Crippen molar-refractivity contribution >= 4 is 11.6 Å². The summed E-state index contributed by atoms with van der Waals surface area (Å²) < 4.78 is 0.824. The molecule has 0 spiro atoms. The molecule has 1 heterocycles. The maximum Gasteiger partial charge on any atom is 0.279 e. The summed E-state index contributed by atoms with van der Waals surface area (Å²) in [6.07, 6.45) is 3.61. The molecule has 0 saturated carbocycles. The Hall–Kier alpha value is -1.54. The molecule has 1 N–H and O–H groups in total. The number of piperidine rings is 1. The van der Waals surface area contributed by atoms with Crippen LogP contribution in [0.2, 0.25) is 0 Å². The Morgan fingerprint density at radius 2 is 1.68 bits per heavy atom. The summed E-state index contributed by atoms with van der Waals surface area (Å²) in [7, 11) is 0. The normalized spacial score (nSPS) is 15.2. The second-order valence-corrected chi connectivity index (χ2v) is 7.80. The molecule has 1 aliphatic heterocycles. The summed E-state index contributed by atoms with van der Waals surface area (Å²) in [5, 5.41) is 12.2. The minimum atomic E-state index is 0. The van der Waals surface area contributed by atoms with Gasteiger partial charge in [0.25, 0.3) is 5.91 Å². The Morgan fingerprint density at radius 3 is 2.25 bits per heavy atom. The molecule has 0 aliphatic carbocycles. The van der Waals surface area contributed by atoms with Crippen molar-refractivity contribution in [3.63, 3.8) is 0 Å². The molecule has 1 fully saturated rings. The molecule has 0 aromatic heterocycles. The van der Waals surface area contributed by atoms with Crippen LogP contribution < -0.4 is 5.32 Å². The largest absolute Gasteiger partial charge is 0.321 e. The number of likely N-dealkylation sites (tertiary alicyclic amines) is 1. The van der Waals surface area contributed by atoms with Gasteiger partial charge in [-0.25, -0.2) is 0 Å². The van der Waals surface area contributed by atoms with E-state index in [-0.39, 0.29) is 38.6 Å². The van der Waals surface area contributed by atoms with Gasteiger partial charge in [0.15, 0.2) is 6.54 Å². The van der Waals surface area contributed by atoms with Crippen molar-refractivity contribution < 1.29 is 42.0 Å². The Kier molecular flexibility index (Phi) is 8.37. The predicted molar refractivity (Wildman–Crippen MR) is 108 cm³/mol. The number of amides is 1. The van der Waals surface area contributed by atoms with Gasteiger partial charge in [-0.15, -0.1) is 0 Å². The number of carbonyl (C=O) groups is 1. The van der Waals surface area contributed by atoms with Gasteiger partial charge in [-0.05, 0) is 56.4 Å². The zero-order valence-electron chi connectivity index (χ0n) is 16.9. The van der Waals surface area contributed by atoms with Crippen molar-refractivity contribution in [2.24, 2.45) is 0 Å². The molecule has 1 aliphatic rings. The molecule has 143 valence electrons. The minimum Gasteiger partial charge on any atom is -0.321 e. The Balaban J connectivity index is 0.00000280. The number of carbonyl (C=O) groups excluding carboxylic acids is 1. The van der Waals surface area contributed by atoms with Gasteiger partial charge in [-0.2, -0.15) is 5.26 Å². The van der Waals surface area contributed by atoms with E-state index < -0.39 is 0 Å². The van der Waals surface area contributed by atoms with Crippen molar-refractivity contribution in [2.45, 2.75) is 39.7 Å². The summed E-state index contributed by atoms with van der Waals surface area (Å²) >= 11 is 0. The predicted octanol–water partition coefficient (Wildman–Crippen LogP) is 4.31. The first-order valence-corrected chi connectivity index (χ1v) is 9.72. The van der Waals surface area contributed by atoms with Crippen LogP contribution in [0.25, 0.3) is 0 Å². The van der Waals surface area contributed by atoms with E-state index in [2.05, 4.69) is 35.7 Å². The third-order valence-corrected chi connectivity index (χ3v) is 5.53. The van der Waals surface area contributed by atoms with Crippen LogP contribution in [-0.4, -0.2) is 30.0 Å². The summed E-state index contributed by atoms with van der Waals surface area (Å²) in [4.78, 5) is 12.9. The van der Waals surface area contributed by atoms with Crippen LogP contribution >= 0.6 is 0 Å². The van der Waals surface area contributed by atoms with Crippen molar-refractivity contribution in [1.29, 1.82) is 5.26 Å². The van der Waals surface area contributed by atoms with Crippen LogP contribution in [0.5, 0.6) is 0 Å². The standard InChI is InChI=1S/C23H27N3O.Y/c1-18-13-21(15-24)14-19(2)23(18)25-22(27)17-26(11-7-4-8-12-26)16-20-9-5-3-6-10-20;/h3,5-6,9-10,13-14H,4,7-8,11-12,16-17H2,1-2H3;/p+1. The number of aryl methyl sites for hydroxylation is 2. The Labute approximate surface area is 193 Å². The fraction of sp³-hybridized carbons (Fsp3) is 0.391. The molecule has 1 saturated heterocycles. The number of benzene rings is 2. The number of nitrogens with zero attached hydrogens (tertiary/aromatic N) is 2. The summed E-state index contributed by atoms with van der Waals surface area (Å²) in [5.74, 6) is 0.0590. The molecule has 4 nitrogen and oxygen atoms in total. The second kappa shape index (κ2) is 10.3. The van der Waals surface area contributed by atoms with E-state index >= 15 is 0 Å². The van der Waals surface area contributed by atoms with Gasteiger partial charge >= 0.3 is 0 Å². The molecule has 5 heteroatoms. The van der Waals surface area contributed by atoms with E-state index in [1.165, 1.54) is 24.8 Å². The summed E-state index contributed by atoms with van der Waals surface area (Å²) in [5.41, 5.74) is 4.64. The molecule has 1 amide bonds. The van der Waals surface area contributed by atoms with E-state index in [0.717, 1.165) is 40.9 Å². The second-order valence-electron chi connectivity index (χ2n) is 7.80. The third kappa shape index (κ3) is 5.73. The van der Waals surface area contributed by atoms with E-state index in [9.17, 15) is 4.79 Å². The summed E-state index contributed by atoms with van der Waals surface area (Å²) in [6, 6.07) is 16.3. The SMILES string of the molecule is Cc1cc(C#N)cc(C)c1NC(=O)C[N+]1(Cc2ccccc2)CCCCC1.[Y]. The van der Waals surface area contributed by atoms with Crippen molar-refractivity contribution in [2.75, 3.05) is 25.0 Å². The first-order chi connectivity index (χ1) is 13.0. The maximum absolute atomic E-state index is 12.9. The zero-order valence-corrected chi connectivity index (χ0v) is 19.7. The van der Waals surface area contributed by atoms with Crippen molar-refractivity contribution in [3.05, 3.63) is 64.7 Å². The van der Waals surface area contributed by atoms with Gasteiger partial charge in [0.1, 0.15) is 6.54 Å². The number of hydrogen-bond acceptors (Lipinski definition) is 2. The number of hydrogen-bond donors (Lipinski definition) is 1. The molecule has 3 rings (SSSR count). The van der Waals surface area contributed by atoms with Gasteiger partial charge < -0.3 is 9.80 Å². The monoisotopic (exact) mass is 451 g/mol. The molecule has 0 unspecified atom stereocenters. The molecule has 1 radical (unpaired) electrons. The number of rotatable bonds is 5. The first-order valence-electron chi connectivity index (χ1n) is 9.72. The number of nitrogens with one attached hydrogen (secondary N) is 1. The van der Waals surface area contributed by atoms with Gasteiger partial charge in [-0.3, -0.25) is 4.79 Å². The topological polar surface area (TPSA) is 52.9 Å². The number of anilines is 1. The van der Waals surface area contributed by atoms with Crippen molar-refractivity contribution in [3.8, 4) is 6.07 Å². The van der Waals surface area contributed by atoms with Gasteiger partial charge in [0.05, 0.1) is 24.7 Å². The quantitative estimate of drug-likeness (QED) is 0.689. The average molecular weight is 451 g/mol. The van der Waals surface area contributed by atoms with Crippen molar-refractivity contribution in [1.82, 2.24) is 0 Å².